The van der Waals surface area contributed by atoms with Gasteiger partial charge in [0.25, 0.3) is 0 Å². The first kappa shape index (κ1) is 18.5. The zero-order chi connectivity index (χ0) is 21.3. The Kier molecular flexibility index (Phi) is 4.51. The molecule has 0 unspecified atom stereocenters. The van der Waals surface area contributed by atoms with Crippen molar-refractivity contribution in [3.8, 4) is 33.4 Å². The molecule has 1 aromatic heterocycles. The minimum atomic E-state index is 1.02. The molecule has 150 valence electrons. The van der Waals surface area contributed by atoms with E-state index in [1.165, 1.54) is 44.2 Å². The number of aromatic nitrogens is 1. The molecule has 5 aromatic carbocycles. The van der Waals surface area contributed by atoms with Gasteiger partial charge in [-0.15, -0.1) is 0 Å². The highest BCUT2D eigenvalue weighted by molar-refractivity contribution is 6.11. The summed E-state index contributed by atoms with van der Waals surface area (Å²) in [6, 6.07) is 45.0. The van der Waals surface area contributed by atoms with Crippen LogP contribution in [0.3, 0.4) is 0 Å². The van der Waals surface area contributed by atoms with Crippen LogP contribution in [-0.4, -0.2) is 4.98 Å². The molecule has 6 aromatic rings. The molecule has 1 nitrogen and oxygen atoms in total. The second-order valence-corrected chi connectivity index (χ2v) is 8.05. The van der Waals surface area contributed by atoms with Gasteiger partial charge in [0.05, 0.1) is 11.0 Å². The summed E-state index contributed by atoms with van der Waals surface area (Å²) >= 11 is 0. The molecule has 0 aliphatic heterocycles. The van der Waals surface area contributed by atoms with Gasteiger partial charge in [-0.2, -0.15) is 0 Å². The monoisotopic (exact) mass is 407 g/mol. The van der Waals surface area contributed by atoms with Gasteiger partial charge in [0.15, 0.2) is 0 Å². The van der Waals surface area contributed by atoms with Crippen LogP contribution in [0.4, 0.5) is 0 Å². The van der Waals surface area contributed by atoms with E-state index in [2.05, 4.69) is 127 Å². The fourth-order valence-electron chi connectivity index (χ4n) is 4.48. The molecule has 6 rings (SSSR count). The SMILES string of the molecule is c1ccc(-c2ccc3nc4ccc(-c5ccccc5)cc4c(-c4ccccc4)c3c2)cc1. The van der Waals surface area contributed by atoms with E-state index in [4.69, 9.17) is 4.98 Å². The maximum atomic E-state index is 5.03. The standard InChI is InChI=1S/C31H21N/c1-4-10-22(11-5-1)25-16-18-29-27(20-25)31(24-14-8-3-9-15-24)28-21-26(17-19-30(28)32-29)23-12-6-2-7-13-23/h1-21H. The van der Waals surface area contributed by atoms with Crippen molar-refractivity contribution in [2.45, 2.75) is 0 Å². The lowest BCUT2D eigenvalue weighted by molar-refractivity contribution is 1.49. The first-order valence-corrected chi connectivity index (χ1v) is 10.9. The zero-order valence-corrected chi connectivity index (χ0v) is 17.6. The highest BCUT2D eigenvalue weighted by Gasteiger charge is 2.13. The molecule has 0 saturated carbocycles. The van der Waals surface area contributed by atoms with Crippen molar-refractivity contribution < 1.29 is 0 Å². The fourth-order valence-corrected chi connectivity index (χ4v) is 4.48. The summed E-state index contributed by atoms with van der Waals surface area (Å²) in [6.45, 7) is 0. The Balaban J connectivity index is 1.69. The predicted molar refractivity (Wildman–Crippen MR) is 136 cm³/mol. The van der Waals surface area contributed by atoms with Crippen LogP contribution >= 0.6 is 0 Å². The second kappa shape index (κ2) is 7.79. The Morgan fingerprint density at radius 2 is 0.750 bits per heavy atom. The van der Waals surface area contributed by atoms with Crippen LogP contribution in [0.25, 0.3) is 55.2 Å². The van der Waals surface area contributed by atoms with Crippen molar-refractivity contribution in [1.82, 2.24) is 4.98 Å². The third kappa shape index (κ3) is 3.25. The minimum absolute atomic E-state index is 1.02. The van der Waals surface area contributed by atoms with E-state index in [0.29, 0.717) is 0 Å². The maximum absolute atomic E-state index is 5.03. The highest BCUT2D eigenvalue weighted by atomic mass is 14.7. The summed E-state index contributed by atoms with van der Waals surface area (Å²) in [7, 11) is 0. The van der Waals surface area contributed by atoms with Crippen molar-refractivity contribution in [1.29, 1.82) is 0 Å². The largest absolute Gasteiger partial charge is 0.248 e. The van der Waals surface area contributed by atoms with Gasteiger partial charge in [-0.25, -0.2) is 4.98 Å². The Hall–Kier alpha value is -4.23. The molecule has 0 N–H and O–H groups in total. The van der Waals surface area contributed by atoms with Crippen LogP contribution in [0.2, 0.25) is 0 Å². The summed E-state index contributed by atoms with van der Waals surface area (Å²) in [4.78, 5) is 5.03. The Labute approximate surface area is 187 Å². The van der Waals surface area contributed by atoms with Crippen molar-refractivity contribution >= 4 is 21.8 Å². The van der Waals surface area contributed by atoms with Gasteiger partial charge in [-0.05, 0) is 52.1 Å². The van der Waals surface area contributed by atoms with E-state index < -0.39 is 0 Å². The Morgan fingerprint density at radius 3 is 1.19 bits per heavy atom. The van der Waals surface area contributed by atoms with Gasteiger partial charge in [-0.1, -0.05) is 103 Å². The number of rotatable bonds is 3. The van der Waals surface area contributed by atoms with Gasteiger partial charge in [0, 0.05) is 16.3 Å². The topological polar surface area (TPSA) is 12.9 Å². The smallest absolute Gasteiger partial charge is 0.0716 e. The third-order valence-corrected chi connectivity index (χ3v) is 6.05. The average molecular weight is 408 g/mol. The van der Waals surface area contributed by atoms with Crippen LogP contribution in [0.15, 0.2) is 127 Å². The molecule has 1 heterocycles. The lowest BCUT2D eigenvalue weighted by Crippen LogP contribution is -1.91. The number of pyridine rings is 1. The zero-order valence-electron chi connectivity index (χ0n) is 17.6. The molecule has 0 amide bonds. The number of hydrogen-bond donors (Lipinski definition) is 0. The first-order chi connectivity index (χ1) is 15.9. The van der Waals surface area contributed by atoms with Gasteiger partial charge >= 0.3 is 0 Å². The quantitative estimate of drug-likeness (QED) is 0.268. The number of benzene rings is 5. The fraction of sp³-hybridized carbons (Fsp3) is 0. The molecule has 32 heavy (non-hydrogen) atoms. The van der Waals surface area contributed by atoms with Crippen molar-refractivity contribution in [3.63, 3.8) is 0 Å². The van der Waals surface area contributed by atoms with Crippen molar-refractivity contribution in [2.24, 2.45) is 0 Å². The Bertz CT molecular complexity index is 1440. The van der Waals surface area contributed by atoms with Crippen LogP contribution in [0.5, 0.6) is 0 Å². The molecule has 0 aliphatic rings. The molecule has 1 heteroatoms. The molecule has 0 bridgehead atoms. The maximum Gasteiger partial charge on any atom is 0.0716 e. The second-order valence-electron chi connectivity index (χ2n) is 8.05. The average Bonchev–Trinajstić information content (AvgIpc) is 2.88. The van der Waals surface area contributed by atoms with Crippen LogP contribution < -0.4 is 0 Å². The van der Waals surface area contributed by atoms with E-state index in [0.717, 1.165) is 11.0 Å². The molecule has 0 saturated heterocycles. The van der Waals surface area contributed by atoms with Gasteiger partial charge in [-0.3, -0.25) is 0 Å². The molecule has 0 aliphatic carbocycles. The van der Waals surface area contributed by atoms with E-state index in [9.17, 15) is 0 Å². The van der Waals surface area contributed by atoms with E-state index >= 15 is 0 Å². The number of hydrogen-bond acceptors (Lipinski definition) is 1. The number of nitrogens with zero attached hydrogens (tertiary/aromatic N) is 1. The van der Waals surface area contributed by atoms with Gasteiger partial charge in [0.2, 0.25) is 0 Å². The van der Waals surface area contributed by atoms with Crippen molar-refractivity contribution in [2.75, 3.05) is 0 Å². The van der Waals surface area contributed by atoms with Crippen LogP contribution in [0, 0.1) is 0 Å². The van der Waals surface area contributed by atoms with Gasteiger partial charge < -0.3 is 0 Å². The lowest BCUT2D eigenvalue weighted by atomic mass is 9.92. The molecule has 0 fully saturated rings. The summed E-state index contributed by atoms with van der Waals surface area (Å²) < 4.78 is 0. The van der Waals surface area contributed by atoms with E-state index in [-0.39, 0.29) is 0 Å². The third-order valence-electron chi connectivity index (χ3n) is 6.05. The molecule has 0 atom stereocenters. The van der Waals surface area contributed by atoms with Crippen molar-refractivity contribution in [3.05, 3.63) is 127 Å². The van der Waals surface area contributed by atoms with Crippen LogP contribution in [0.1, 0.15) is 0 Å². The van der Waals surface area contributed by atoms with Crippen LogP contribution in [-0.2, 0) is 0 Å². The van der Waals surface area contributed by atoms with Gasteiger partial charge in [0.1, 0.15) is 0 Å². The molecular weight excluding hydrogens is 386 g/mol. The summed E-state index contributed by atoms with van der Waals surface area (Å²) in [5, 5.41) is 2.35. The molecule has 0 radical (unpaired) electrons. The van der Waals surface area contributed by atoms with E-state index in [1.54, 1.807) is 0 Å². The first-order valence-electron chi connectivity index (χ1n) is 10.9. The normalized spacial score (nSPS) is 11.1. The Morgan fingerprint density at radius 1 is 0.344 bits per heavy atom. The predicted octanol–water partition coefficient (Wildman–Crippen LogP) is 8.39. The summed E-state index contributed by atoms with van der Waals surface area (Å²) in [5.41, 5.74) is 9.32. The highest BCUT2D eigenvalue weighted by Crippen LogP contribution is 2.38. The summed E-state index contributed by atoms with van der Waals surface area (Å²) in [5.74, 6) is 0. The lowest BCUT2D eigenvalue weighted by Gasteiger charge is -2.14. The molecule has 0 spiro atoms. The van der Waals surface area contributed by atoms with E-state index in [1.807, 2.05) is 0 Å². The summed E-state index contributed by atoms with van der Waals surface area (Å²) in [6.07, 6.45) is 0. The minimum Gasteiger partial charge on any atom is -0.248 e. The molecular formula is C31H21N. The number of fused-ring (bicyclic) bond motifs is 2.